The van der Waals surface area contributed by atoms with Gasteiger partial charge in [0.15, 0.2) is 0 Å². The molecule has 518 valence electrons. The van der Waals surface area contributed by atoms with E-state index in [2.05, 4.69) is 89.0 Å². The summed E-state index contributed by atoms with van der Waals surface area (Å²) in [5.74, 6) is 3.71. The number of nitrogens with zero attached hydrogens (tertiary/aromatic N) is 3. The van der Waals surface area contributed by atoms with Crippen molar-refractivity contribution in [2.45, 2.75) is 177 Å². The van der Waals surface area contributed by atoms with E-state index in [9.17, 15) is 33.6 Å². The smallest absolute Gasteiger partial charge is 0.410 e. The molecule has 2 aromatic rings. The number of benzene rings is 2. The zero-order chi connectivity index (χ0) is 69.0. The van der Waals surface area contributed by atoms with Crippen LogP contribution in [-0.2, 0) is 70.4 Å². The van der Waals surface area contributed by atoms with E-state index >= 15 is 0 Å². The number of nitrogens with one attached hydrogen (secondary N) is 5. The number of anilines is 1. The lowest BCUT2D eigenvalue weighted by atomic mass is 9.90. The molecule has 0 radical (unpaired) electrons. The number of primary amides is 2. The predicted octanol–water partition coefficient (Wildman–Crippen LogP) is 5.36. The quantitative estimate of drug-likeness (QED) is 0.0329. The van der Waals surface area contributed by atoms with Gasteiger partial charge in [0.05, 0.1) is 48.7 Å². The van der Waals surface area contributed by atoms with Gasteiger partial charge in [0.1, 0.15) is 25.8 Å². The van der Waals surface area contributed by atoms with Crippen LogP contribution in [0.15, 0.2) is 66.9 Å². The Balaban J connectivity index is -0.000000435. The molecule has 1 fully saturated rings. The molecule has 25 heteroatoms. The largest absolute Gasteiger partial charge is 0.445 e. The minimum Gasteiger partial charge on any atom is -0.445 e. The summed E-state index contributed by atoms with van der Waals surface area (Å²) < 4.78 is 17.1. The van der Waals surface area contributed by atoms with Crippen molar-refractivity contribution in [3.05, 3.63) is 78.0 Å². The zero-order valence-electron chi connectivity index (χ0n) is 56.6. The second-order valence-corrected chi connectivity index (χ2v) is 21.6. The molecule has 1 aliphatic heterocycles. The van der Waals surface area contributed by atoms with E-state index < -0.39 is 36.1 Å². The highest BCUT2D eigenvalue weighted by atomic mass is 16.6. The molecule has 90 heavy (non-hydrogen) atoms. The van der Waals surface area contributed by atoms with Crippen LogP contribution < -0.4 is 43.9 Å². The molecular formula is C65H119N11O14. The third-order valence-electron chi connectivity index (χ3n) is 14.0. The number of carbonyl (C=O) groups is 9. The maximum Gasteiger partial charge on any atom is 0.410 e. The van der Waals surface area contributed by atoms with Crippen molar-refractivity contribution >= 4 is 60.8 Å². The predicted molar refractivity (Wildman–Crippen MR) is 357 cm³/mol. The number of likely N-dealkylation sites (N-methyl/N-ethyl adjacent to an activating group) is 3. The van der Waals surface area contributed by atoms with Crippen LogP contribution in [0.25, 0.3) is 0 Å². The van der Waals surface area contributed by atoms with Crippen LogP contribution in [0.1, 0.15) is 133 Å². The number of hydrogen-bond acceptors (Lipinski definition) is 18. The van der Waals surface area contributed by atoms with Gasteiger partial charge >= 0.3 is 6.09 Å². The molecule has 25 nitrogen and oxygen atoms in total. The lowest BCUT2D eigenvalue weighted by Gasteiger charge is -2.41. The second kappa shape index (κ2) is 57.3. The average molecular weight is 1280 g/mol. The van der Waals surface area contributed by atoms with E-state index in [1.807, 2.05) is 84.1 Å². The monoisotopic (exact) mass is 1280 g/mol. The van der Waals surface area contributed by atoms with Crippen LogP contribution in [0.3, 0.4) is 0 Å². The summed E-state index contributed by atoms with van der Waals surface area (Å²) in [6, 6.07) is 14.6. The van der Waals surface area contributed by atoms with Gasteiger partial charge in [-0.15, -0.1) is 0 Å². The van der Waals surface area contributed by atoms with E-state index in [-0.39, 0.29) is 106 Å². The van der Waals surface area contributed by atoms with Crippen LogP contribution >= 0.6 is 0 Å². The molecular weight excluding hydrogens is 1160 g/mol. The van der Waals surface area contributed by atoms with Crippen molar-refractivity contribution in [3.8, 4) is 0 Å². The van der Waals surface area contributed by atoms with Gasteiger partial charge in [0.2, 0.25) is 36.4 Å². The van der Waals surface area contributed by atoms with E-state index in [1.165, 1.54) is 24.8 Å². The highest BCUT2D eigenvalue weighted by molar-refractivity contribution is 5.91. The molecule has 0 aromatic heterocycles. The normalized spacial score (nSPS) is 14.4. The first-order valence-electron chi connectivity index (χ1n) is 30.3. The minimum absolute atomic E-state index is 0. The van der Waals surface area contributed by atoms with Crippen LogP contribution in [0.2, 0.25) is 0 Å². The first-order valence-corrected chi connectivity index (χ1v) is 30.3. The van der Waals surface area contributed by atoms with Crippen LogP contribution in [-0.4, -0.2) is 193 Å². The van der Waals surface area contributed by atoms with Crippen LogP contribution in [0.4, 0.5) is 10.5 Å². The van der Waals surface area contributed by atoms with Gasteiger partial charge in [-0.05, 0) is 87.3 Å². The summed E-state index contributed by atoms with van der Waals surface area (Å²) in [7, 11) is 11.6. The Bertz CT molecular complexity index is 2210. The molecule has 0 aliphatic carbocycles. The number of aliphatic hydroxyl groups excluding tert-OH is 1. The topological polar surface area (TPSA) is 359 Å². The molecule has 0 saturated carbocycles. The number of likely N-dealkylation sites (tertiary alicyclic amines) is 1. The number of methoxy groups -OCH3 is 2. The maximum atomic E-state index is 13.8. The van der Waals surface area contributed by atoms with Crippen molar-refractivity contribution < 1.29 is 67.3 Å². The number of nitrogens with two attached hydrogens (primary N) is 3. The fourth-order valence-corrected chi connectivity index (χ4v) is 9.20. The van der Waals surface area contributed by atoms with Crippen molar-refractivity contribution in [3.63, 3.8) is 0 Å². The molecule has 1 aliphatic rings. The summed E-state index contributed by atoms with van der Waals surface area (Å²) in [5.41, 5.74) is 11.5. The number of aliphatic hydroxyl groups is 1. The average Bonchev–Trinajstić information content (AvgIpc) is 1.62. The van der Waals surface area contributed by atoms with E-state index in [4.69, 9.17) is 34.8 Å². The minimum atomic E-state index is -0.638. The van der Waals surface area contributed by atoms with E-state index in [0.29, 0.717) is 25.2 Å². The first-order chi connectivity index (χ1) is 42.4. The van der Waals surface area contributed by atoms with Gasteiger partial charge in [-0.1, -0.05) is 139 Å². The van der Waals surface area contributed by atoms with Crippen molar-refractivity contribution in [2.75, 3.05) is 81.1 Å². The number of amides is 7. The van der Waals surface area contributed by atoms with Gasteiger partial charge in [-0.3, -0.25) is 33.6 Å². The Morgan fingerprint density at radius 2 is 1.34 bits per heavy atom. The van der Waals surface area contributed by atoms with Crippen molar-refractivity contribution in [1.82, 2.24) is 36.0 Å². The second-order valence-electron chi connectivity index (χ2n) is 21.6. The van der Waals surface area contributed by atoms with E-state index in [0.717, 1.165) is 62.3 Å². The van der Waals surface area contributed by atoms with Gasteiger partial charge < -0.3 is 81.7 Å². The Hall–Kier alpha value is -6.87. The highest BCUT2D eigenvalue weighted by Gasteiger charge is 2.42. The Morgan fingerprint density at radius 1 is 0.778 bits per heavy atom. The molecule has 2 aromatic carbocycles. The lowest BCUT2D eigenvalue weighted by molar-refractivity contribution is -0.143. The fourth-order valence-electron chi connectivity index (χ4n) is 9.20. The molecule has 1 saturated heterocycles. The summed E-state index contributed by atoms with van der Waals surface area (Å²) in [4.78, 5) is 113. The third-order valence-corrected chi connectivity index (χ3v) is 14.0. The molecule has 7 amide bonds. The molecule has 0 bridgehead atoms. The number of carbonyl (C=O) groups excluding carboxylic acids is 9. The van der Waals surface area contributed by atoms with Crippen LogP contribution in [0, 0.1) is 23.7 Å². The Kier molecular flexibility index (Phi) is 58.5. The number of aldehydes is 2. The molecule has 3 rings (SSSR count). The van der Waals surface area contributed by atoms with Crippen LogP contribution in [0.5, 0.6) is 0 Å². The SMILES string of the molecule is C.C=C(CNC)N(C)C(C(C)CC)C(CC(=O)N1CCCC1C(OC)C(C)C(=O)NC(C=O)Cc1ccccc1)OC.CC(C)C(CC(=O)Nc1ccc(COC(=O)N(C)C(C=O)C(C)C)cc1)NC(=O)CON.CCC.CCCNC.CO.NC=O.NC=O. The molecule has 12 N–H and O–H groups in total. The van der Waals surface area contributed by atoms with E-state index in [1.54, 1.807) is 45.4 Å². The standard InChI is InChI=1S/C32H52N4O5.C22H34N4O6.C4H11N.C3H8.2CH3NO.CH4O.CH4/c1-9-22(2)30(35(6)23(3)20-33-5)28(40-7)19-29(38)36-17-13-16-27(36)31(41-8)24(4)32(39)34-26(21-37)18-25-14-11-10-12-15-25;1-14(2)18(25-21(29)13-32-23)10-20(28)24-17-8-6-16(7-9-17)12-31-22(30)26(5)19(11-27)15(3)4;1-3-4-5-2;1-3-2;2*2-1-3;1-2;/h10-12,14-15,21-22,24,26-28,30-31,33H,3,9,13,16-20H2,1-2,4-8H3,(H,34,39);6-9,11,14-15,18-19H,10,12-13,23H2,1-5H3,(H,24,28)(H,25,29);5H,3-4H2,1-2H3;3H2,1-2H3;2*1H,(H2,2,3);2H,1H3;1H4. The summed E-state index contributed by atoms with van der Waals surface area (Å²) in [5, 5.41) is 21.5. The summed E-state index contributed by atoms with van der Waals surface area (Å²) >= 11 is 0. The number of rotatable bonds is 32. The number of ether oxygens (including phenoxy) is 3. The van der Waals surface area contributed by atoms with Crippen molar-refractivity contribution in [2.24, 2.45) is 41.0 Å². The summed E-state index contributed by atoms with van der Waals surface area (Å²) in [6.07, 6.45) is 6.30. The maximum absolute atomic E-state index is 13.8. The molecule has 9 unspecified atom stereocenters. The van der Waals surface area contributed by atoms with Gasteiger partial charge in [-0.2, -0.15) is 0 Å². The molecule has 0 spiro atoms. The first kappa shape index (κ1) is 91.9. The van der Waals surface area contributed by atoms with Gasteiger partial charge in [0, 0.05) is 72.4 Å². The van der Waals surface area contributed by atoms with Gasteiger partial charge in [-0.25, -0.2) is 10.7 Å². The van der Waals surface area contributed by atoms with Gasteiger partial charge in [0.25, 0.3) is 0 Å². The van der Waals surface area contributed by atoms with Crippen molar-refractivity contribution in [1.29, 1.82) is 0 Å². The Labute approximate surface area is 539 Å². The zero-order valence-corrected chi connectivity index (χ0v) is 56.6. The molecule has 9 atom stereocenters. The highest BCUT2D eigenvalue weighted by Crippen LogP contribution is 2.30. The fraction of sp³-hybridized carbons (Fsp3) is 0.646. The Morgan fingerprint density at radius 3 is 1.78 bits per heavy atom. The molecule has 1 heterocycles. The lowest BCUT2D eigenvalue weighted by Crippen LogP contribution is -2.53. The third kappa shape index (κ3) is 38.6. The summed E-state index contributed by atoms with van der Waals surface area (Å²) in [6.45, 7) is 26.4. The number of hydrogen-bond donors (Lipinski definition) is 9.